The van der Waals surface area contributed by atoms with Crippen LogP contribution in [0.15, 0.2) is 0 Å². The van der Waals surface area contributed by atoms with Gasteiger partial charge in [0, 0.05) is 14.1 Å². The molecule has 0 saturated carbocycles. The average molecular weight is 188 g/mol. The van der Waals surface area contributed by atoms with E-state index < -0.39 is 11.5 Å². The van der Waals surface area contributed by atoms with Crippen LogP contribution in [0.1, 0.15) is 13.8 Å². The van der Waals surface area contributed by atoms with E-state index in [1.54, 1.807) is 27.9 Å². The minimum Gasteiger partial charge on any atom is -0.467 e. The molecule has 0 heterocycles. The Hall–Kier alpha value is -1.26. The molecule has 0 unspecified atom stereocenters. The summed E-state index contributed by atoms with van der Waals surface area (Å²) < 4.78 is 4.52. The number of amides is 2. The van der Waals surface area contributed by atoms with Gasteiger partial charge in [0.15, 0.2) is 0 Å². The Balaban J connectivity index is 4.33. The van der Waals surface area contributed by atoms with Crippen LogP contribution in [0.5, 0.6) is 0 Å². The summed E-state index contributed by atoms with van der Waals surface area (Å²) in [6.07, 6.45) is 0. The molecule has 2 amide bonds. The zero-order valence-corrected chi connectivity index (χ0v) is 8.67. The lowest BCUT2D eigenvalue weighted by molar-refractivity contribution is -0.146. The van der Waals surface area contributed by atoms with Crippen molar-refractivity contribution in [3.8, 4) is 0 Å². The van der Waals surface area contributed by atoms with Gasteiger partial charge in [-0.3, -0.25) is 0 Å². The summed E-state index contributed by atoms with van der Waals surface area (Å²) in [5.41, 5.74) is -0.990. The van der Waals surface area contributed by atoms with Gasteiger partial charge in [-0.25, -0.2) is 9.59 Å². The van der Waals surface area contributed by atoms with E-state index in [-0.39, 0.29) is 6.03 Å². The quantitative estimate of drug-likeness (QED) is 0.630. The van der Waals surface area contributed by atoms with Gasteiger partial charge in [-0.2, -0.15) is 0 Å². The number of ether oxygens (including phenoxy) is 1. The standard InChI is InChI=1S/C8H16N2O3/c1-8(2,6(11)13-5)9-7(12)10(3)4/h1-5H3,(H,9,12). The highest BCUT2D eigenvalue weighted by atomic mass is 16.5. The van der Waals surface area contributed by atoms with Crippen molar-refractivity contribution >= 4 is 12.0 Å². The number of rotatable bonds is 2. The third-order valence-corrected chi connectivity index (χ3v) is 1.52. The van der Waals surface area contributed by atoms with E-state index in [4.69, 9.17) is 0 Å². The van der Waals surface area contributed by atoms with E-state index in [2.05, 4.69) is 10.1 Å². The molecule has 0 aliphatic rings. The van der Waals surface area contributed by atoms with Crippen molar-refractivity contribution in [2.75, 3.05) is 21.2 Å². The van der Waals surface area contributed by atoms with Crippen LogP contribution in [0.2, 0.25) is 0 Å². The third kappa shape index (κ3) is 3.31. The number of hydrogen-bond acceptors (Lipinski definition) is 3. The zero-order valence-electron chi connectivity index (χ0n) is 8.67. The molecule has 0 aromatic carbocycles. The first kappa shape index (κ1) is 11.7. The summed E-state index contributed by atoms with van der Waals surface area (Å²) in [5, 5.41) is 2.52. The van der Waals surface area contributed by atoms with Gasteiger partial charge in [-0.1, -0.05) is 0 Å². The number of carbonyl (C=O) groups excluding carboxylic acids is 2. The van der Waals surface area contributed by atoms with Gasteiger partial charge in [0.1, 0.15) is 5.54 Å². The summed E-state index contributed by atoms with van der Waals surface area (Å²) >= 11 is 0. The van der Waals surface area contributed by atoms with E-state index in [1.807, 2.05) is 0 Å². The van der Waals surface area contributed by atoms with Gasteiger partial charge < -0.3 is 15.0 Å². The largest absolute Gasteiger partial charge is 0.467 e. The van der Waals surface area contributed by atoms with Crippen LogP contribution < -0.4 is 5.32 Å². The lowest BCUT2D eigenvalue weighted by atomic mass is 10.1. The van der Waals surface area contributed by atoms with Crippen LogP contribution >= 0.6 is 0 Å². The Kier molecular flexibility index (Phi) is 3.71. The maximum Gasteiger partial charge on any atom is 0.331 e. The van der Waals surface area contributed by atoms with Crippen molar-refractivity contribution in [1.29, 1.82) is 0 Å². The molecule has 0 aromatic rings. The van der Waals surface area contributed by atoms with Gasteiger partial charge in [-0.15, -0.1) is 0 Å². The number of hydrogen-bond donors (Lipinski definition) is 1. The lowest BCUT2D eigenvalue weighted by Gasteiger charge is -2.25. The second-order valence-corrected chi connectivity index (χ2v) is 3.44. The van der Waals surface area contributed by atoms with Gasteiger partial charge in [0.25, 0.3) is 0 Å². The topological polar surface area (TPSA) is 58.6 Å². The molecule has 1 N–H and O–H groups in total. The molecule has 0 radical (unpaired) electrons. The van der Waals surface area contributed by atoms with Crippen LogP contribution in [0.3, 0.4) is 0 Å². The van der Waals surface area contributed by atoms with Crippen molar-refractivity contribution in [3.05, 3.63) is 0 Å². The number of urea groups is 1. The Morgan fingerprint density at radius 1 is 1.31 bits per heavy atom. The minimum atomic E-state index is -0.990. The molecule has 0 aliphatic carbocycles. The van der Waals surface area contributed by atoms with Crippen molar-refractivity contribution in [2.45, 2.75) is 19.4 Å². The van der Waals surface area contributed by atoms with Crippen LogP contribution in [0, 0.1) is 0 Å². The monoisotopic (exact) mass is 188 g/mol. The van der Waals surface area contributed by atoms with E-state index in [0.29, 0.717) is 0 Å². The summed E-state index contributed by atoms with van der Waals surface area (Å²) in [6.45, 7) is 3.17. The molecule has 0 fully saturated rings. The predicted molar refractivity (Wildman–Crippen MR) is 48.3 cm³/mol. The fraction of sp³-hybridized carbons (Fsp3) is 0.750. The first-order valence-corrected chi connectivity index (χ1v) is 3.89. The van der Waals surface area contributed by atoms with Crippen molar-refractivity contribution in [1.82, 2.24) is 10.2 Å². The van der Waals surface area contributed by atoms with Gasteiger partial charge in [-0.05, 0) is 13.8 Å². The Labute approximate surface area is 78.0 Å². The molecule has 5 heteroatoms. The normalized spacial score (nSPS) is 10.5. The van der Waals surface area contributed by atoms with E-state index in [9.17, 15) is 9.59 Å². The second-order valence-electron chi connectivity index (χ2n) is 3.44. The minimum absolute atomic E-state index is 0.324. The summed E-state index contributed by atoms with van der Waals surface area (Å²) in [6, 6.07) is -0.324. The van der Waals surface area contributed by atoms with E-state index >= 15 is 0 Å². The van der Waals surface area contributed by atoms with E-state index in [1.165, 1.54) is 12.0 Å². The summed E-state index contributed by atoms with van der Waals surface area (Å²) in [5.74, 6) is -0.470. The molecule has 0 spiro atoms. The first-order valence-electron chi connectivity index (χ1n) is 3.89. The maximum absolute atomic E-state index is 11.2. The molecule has 13 heavy (non-hydrogen) atoms. The van der Waals surface area contributed by atoms with Crippen LogP contribution in [-0.4, -0.2) is 43.6 Å². The predicted octanol–water partition coefficient (Wildman–Crippen LogP) is 0.209. The molecule has 0 aliphatic heterocycles. The first-order chi connectivity index (χ1) is 5.81. The highest BCUT2D eigenvalue weighted by Crippen LogP contribution is 2.04. The maximum atomic E-state index is 11.2. The van der Waals surface area contributed by atoms with E-state index in [0.717, 1.165) is 0 Å². The molecule has 0 rings (SSSR count). The number of nitrogens with zero attached hydrogens (tertiary/aromatic N) is 1. The number of esters is 1. The van der Waals surface area contributed by atoms with Crippen molar-refractivity contribution in [2.24, 2.45) is 0 Å². The smallest absolute Gasteiger partial charge is 0.331 e. The molecular weight excluding hydrogens is 172 g/mol. The Morgan fingerprint density at radius 3 is 2.08 bits per heavy atom. The summed E-state index contributed by atoms with van der Waals surface area (Å²) in [4.78, 5) is 23.7. The average Bonchev–Trinajstić information content (AvgIpc) is 2.01. The molecule has 0 bridgehead atoms. The van der Waals surface area contributed by atoms with Gasteiger partial charge >= 0.3 is 12.0 Å². The SMILES string of the molecule is COC(=O)C(C)(C)NC(=O)N(C)C. The summed E-state index contributed by atoms with van der Waals surface area (Å²) in [7, 11) is 4.48. The fourth-order valence-corrected chi connectivity index (χ4v) is 0.685. The molecule has 0 saturated heterocycles. The van der Waals surface area contributed by atoms with Crippen molar-refractivity contribution < 1.29 is 14.3 Å². The van der Waals surface area contributed by atoms with Crippen molar-refractivity contribution in [3.63, 3.8) is 0 Å². The molecular formula is C8H16N2O3. The number of methoxy groups -OCH3 is 1. The lowest BCUT2D eigenvalue weighted by Crippen LogP contribution is -2.53. The van der Waals surface area contributed by atoms with Crippen LogP contribution in [0.25, 0.3) is 0 Å². The molecule has 76 valence electrons. The molecule has 0 aromatic heterocycles. The number of nitrogens with one attached hydrogen (secondary N) is 1. The third-order valence-electron chi connectivity index (χ3n) is 1.52. The number of carbonyl (C=O) groups is 2. The fourth-order valence-electron chi connectivity index (χ4n) is 0.685. The zero-order chi connectivity index (χ0) is 10.6. The second kappa shape index (κ2) is 4.11. The Bertz CT molecular complexity index is 211. The molecule has 0 atom stereocenters. The Morgan fingerprint density at radius 2 is 1.77 bits per heavy atom. The highest BCUT2D eigenvalue weighted by molar-refractivity contribution is 5.86. The molecule has 5 nitrogen and oxygen atoms in total. The van der Waals surface area contributed by atoms with Crippen LogP contribution in [0.4, 0.5) is 4.79 Å². The highest BCUT2D eigenvalue weighted by Gasteiger charge is 2.30. The van der Waals surface area contributed by atoms with Gasteiger partial charge in [0.05, 0.1) is 7.11 Å². The van der Waals surface area contributed by atoms with Gasteiger partial charge in [0.2, 0.25) is 0 Å². The van der Waals surface area contributed by atoms with Crippen LogP contribution in [-0.2, 0) is 9.53 Å².